The highest BCUT2D eigenvalue weighted by atomic mass is 16.5. The van der Waals surface area contributed by atoms with Crippen molar-refractivity contribution in [2.75, 3.05) is 26.7 Å². The summed E-state index contributed by atoms with van der Waals surface area (Å²) < 4.78 is 5.06. The number of fused-ring (bicyclic) bond motifs is 1. The summed E-state index contributed by atoms with van der Waals surface area (Å²) in [6.45, 7) is 1.99. The van der Waals surface area contributed by atoms with Gasteiger partial charge in [-0.05, 0) is 91.3 Å². The summed E-state index contributed by atoms with van der Waals surface area (Å²) in [6, 6.07) is 16.1. The standard InChI is InChI=1S/C29H32N2O4/c1-35-25(33)17-30-12-11-29-22-14-21(32)8-7-19(22)13-24(30)28(29)10-9-23-26(29)20(15-28)16-31(23)27(34)18-5-3-2-4-6-18/h2-8,14,20,23-24,26,32H,9-13,15-17H2,1H3/t20-,23?,24?,26?,28?,29?/m1/s1. The number of nitrogens with zero attached hydrogens (tertiary/aromatic N) is 2. The molecule has 5 aliphatic rings. The number of ether oxygens (including phenoxy) is 1. The Hall–Kier alpha value is -2.86. The summed E-state index contributed by atoms with van der Waals surface area (Å²) in [7, 11) is 1.47. The fraction of sp³-hybridized carbons (Fsp3) is 0.517. The fourth-order valence-electron chi connectivity index (χ4n) is 9.49. The molecule has 0 radical (unpaired) electrons. The predicted molar refractivity (Wildman–Crippen MR) is 130 cm³/mol. The number of esters is 1. The number of carbonyl (C=O) groups is 2. The first-order valence-corrected chi connectivity index (χ1v) is 13.0. The molecule has 4 bridgehead atoms. The average Bonchev–Trinajstić information content (AvgIpc) is 3.32. The third-order valence-electron chi connectivity index (χ3n) is 10.4. The molecule has 3 aliphatic carbocycles. The van der Waals surface area contributed by atoms with Crippen LogP contribution in [-0.2, 0) is 21.4 Å². The van der Waals surface area contributed by atoms with Crippen molar-refractivity contribution in [1.29, 1.82) is 0 Å². The van der Waals surface area contributed by atoms with Gasteiger partial charge in [0.25, 0.3) is 5.91 Å². The van der Waals surface area contributed by atoms with E-state index in [1.807, 2.05) is 36.4 Å². The highest BCUT2D eigenvalue weighted by Gasteiger charge is 2.76. The molecule has 0 aromatic heterocycles. The van der Waals surface area contributed by atoms with Crippen molar-refractivity contribution in [2.24, 2.45) is 17.3 Å². The average molecular weight is 473 g/mol. The molecule has 5 unspecified atom stereocenters. The van der Waals surface area contributed by atoms with E-state index >= 15 is 0 Å². The van der Waals surface area contributed by atoms with Crippen LogP contribution in [0, 0.1) is 17.3 Å². The molecule has 1 N–H and O–H groups in total. The topological polar surface area (TPSA) is 70.1 Å². The molecular formula is C29H32N2O4. The summed E-state index contributed by atoms with van der Waals surface area (Å²) in [6.07, 6.45) is 5.02. The molecule has 1 amide bonds. The maximum atomic E-state index is 13.6. The van der Waals surface area contributed by atoms with Gasteiger partial charge in [0, 0.05) is 29.6 Å². The van der Waals surface area contributed by atoms with E-state index in [9.17, 15) is 14.7 Å². The van der Waals surface area contributed by atoms with E-state index in [0.29, 0.717) is 24.1 Å². The van der Waals surface area contributed by atoms with Gasteiger partial charge in [0.1, 0.15) is 5.75 Å². The number of aromatic hydroxyl groups is 1. The Bertz CT molecular complexity index is 1210. The number of hydrogen-bond donors (Lipinski definition) is 1. The molecular weight excluding hydrogens is 440 g/mol. The zero-order valence-corrected chi connectivity index (χ0v) is 20.2. The number of amides is 1. The maximum Gasteiger partial charge on any atom is 0.319 e. The zero-order valence-electron chi connectivity index (χ0n) is 20.2. The molecule has 6 nitrogen and oxygen atoms in total. The van der Waals surface area contributed by atoms with Gasteiger partial charge >= 0.3 is 5.97 Å². The van der Waals surface area contributed by atoms with Crippen molar-refractivity contribution in [2.45, 2.75) is 49.6 Å². The van der Waals surface area contributed by atoms with Crippen LogP contribution < -0.4 is 0 Å². The maximum absolute atomic E-state index is 13.6. The molecule has 6 heteroatoms. The van der Waals surface area contributed by atoms with E-state index in [4.69, 9.17) is 4.74 Å². The number of carbonyl (C=O) groups excluding carboxylic acids is 2. The smallest absolute Gasteiger partial charge is 0.319 e. The molecule has 2 heterocycles. The van der Waals surface area contributed by atoms with Crippen LogP contribution in [0.2, 0.25) is 0 Å². The summed E-state index contributed by atoms with van der Waals surface area (Å²) in [5.74, 6) is 1.16. The Morgan fingerprint density at radius 3 is 2.77 bits per heavy atom. The highest BCUT2D eigenvalue weighted by molar-refractivity contribution is 5.94. The molecule has 2 aliphatic heterocycles. The van der Waals surface area contributed by atoms with E-state index < -0.39 is 0 Å². The summed E-state index contributed by atoms with van der Waals surface area (Å²) in [5.41, 5.74) is 3.41. The van der Waals surface area contributed by atoms with Crippen molar-refractivity contribution in [3.63, 3.8) is 0 Å². The lowest BCUT2D eigenvalue weighted by Gasteiger charge is -2.66. The van der Waals surface area contributed by atoms with Gasteiger partial charge in [0.15, 0.2) is 0 Å². The minimum absolute atomic E-state index is 0.0596. The monoisotopic (exact) mass is 472 g/mol. The van der Waals surface area contributed by atoms with E-state index in [1.165, 1.54) is 18.2 Å². The molecule has 2 aromatic carbocycles. The largest absolute Gasteiger partial charge is 0.508 e. The molecule has 2 saturated carbocycles. The van der Waals surface area contributed by atoms with Crippen LogP contribution in [0.1, 0.15) is 47.2 Å². The highest BCUT2D eigenvalue weighted by Crippen LogP contribution is 2.75. The predicted octanol–water partition coefficient (Wildman–Crippen LogP) is 3.37. The van der Waals surface area contributed by atoms with Gasteiger partial charge in [-0.15, -0.1) is 0 Å². The quantitative estimate of drug-likeness (QED) is 0.694. The van der Waals surface area contributed by atoms with Gasteiger partial charge in [-0.25, -0.2) is 0 Å². The van der Waals surface area contributed by atoms with Gasteiger partial charge in [-0.3, -0.25) is 14.5 Å². The fourth-order valence-corrected chi connectivity index (χ4v) is 9.49. The molecule has 4 fully saturated rings. The minimum Gasteiger partial charge on any atom is -0.508 e. The molecule has 35 heavy (non-hydrogen) atoms. The second-order valence-corrected chi connectivity index (χ2v) is 11.4. The number of hydrogen-bond acceptors (Lipinski definition) is 5. The SMILES string of the molecule is COC(=O)CN1CCC23c4cc(O)ccc4CC1C21CCC2C3[C@@H](CN2C(=O)c2ccccc2)C1. The number of phenols is 1. The summed E-state index contributed by atoms with van der Waals surface area (Å²) in [5, 5.41) is 10.6. The molecule has 2 saturated heterocycles. The van der Waals surface area contributed by atoms with Crippen LogP contribution in [0.4, 0.5) is 0 Å². The third kappa shape index (κ3) is 2.64. The van der Waals surface area contributed by atoms with Crippen LogP contribution >= 0.6 is 0 Å². The Kier molecular flexibility index (Phi) is 4.48. The van der Waals surface area contributed by atoms with E-state index in [1.54, 1.807) is 6.07 Å². The lowest BCUT2D eigenvalue weighted by molar-refractivity contribution is -0.149. The minimum atomic E-state index is -0.170. The molecule has 2 aromatic rings. The van der Waals surface area contributed by atoms with Gasteiger partial charge in [-0.1, -0.05) is 24.3 Å². The van der Waals surface area contributed by atoms with Gasteiger partial charge in [0.2, 0.25) is 0 Å². The van der Waals surface area contributed by atoms with Crippen molar-refractivity contribution >= 4 is 11.9 Å². The van der Waals surface area contributed by atoms with Crippen LogP contribution in [0.5, 0.6) is 5.75 Å². The molecule has 182 valence electrons. The van der Waals surface area contributed by atoms with Gasteiger partial charge < -0.3 is 14.7 Å². The lowest BCUT2D eigenvalue weighted by Crippen LogP contribution is -2.70. The van der Waals surface area contributed by atoms with Crippen molar-refractivity contribution in [3.8, 4) is 5.75 Å². The molecule has 0 spiro atoms. The number of rotatable bonds is 3. The Balaban J connectivity index is 1.34. The van der Waals surface area contributed by atoms with Crippen molar-refractivity contribution < 1.29 is 19.4 Å². The normalized spacial score (nSPS) is 36.4. The second-order valence-electron chi connectivity index (χ2n) is 11.4. The van der Waals surface area contributed by atoms with Crippen LogP contribution in [-0.4, -0.2) is 65.6 Å². The van der Waals surface area contributed by atoms with E-state index in [2.05, 4.69) is 15.9 Å². The first-order chi connectivity index (χ1) is 17.0. The number of phenolic OH excluding ortho intramolecular Hbond substituents is 1. The van der Waals surface area contributed by atoms with Crippen LogP contribution in [0.15, 0.2) is 48.5 Å². The van der Waals surface area contributed by atoms with E-state index in [0.717, 1.165) is 50.8 Å². The van der Waals surface area contributed by atoms with Gasteiger partial charge in [0.05, 0.1) is 13.7 Å². The number of likely N-dealkylation sites (tertiary alicyclic amines) is 2. The van der Waals surface area contributed by atoms with Crippen molar-refractivity contribution in [1.82, 2.24) is 9.80 Å². The summed E-state index contributed by atoms with van der Waals surface area (Å²) in [4.78, 5) is 30.5. The number of benzene rings is 2. The number of methoxy groups -OCH3 is 1. The third-order valence-corrected chi connectivity index (χ3v) is 10.4. The van der Waals surface area contributed by atoms with Crippen molar-refractivity contribution in [3.05, 3.63) is 65.2 Å². The Labute approximate surface area is 205 Å². The first-order valence-electron chi connectivity index (χ1n) is 13.0. The lowest BCUT2D eigenvalue weighted by atomic mass is 9.43. The second kappa shape index (κ2) is 7.33. The Morgan fingerprint density at radius 2 is 1.97 bits per heavy atom. The van der Waals surface area contributed by atoms with Gasteiger partial charge in [-0.2, -0.15) is 0 Å². The molecule has 6 atom stereocenters. The first kappa shape index (κ1) is 21.4. The number of piperidine rings is 1. The van der Waals surface area contributed by atoms with Crippen LogP contribution in [0.25, 0.3) is 0 Å². The Morgan fingerprint density at radius 1 is 1.14 bits per heavy atom. The van der Waals surface area contributed by atoms with Crippen LogP contribution in [0.3, 0.4) is 0 Å². The zero-order chi connectivity index (χ0) is 23.9. The summed E-state index contributed by atoms with van der Waals surface area (Å²) >= 11 is 0. The van der Waals surface area contributed by atoms with E-state index in [-0.39, 0.29) is 34.8 Å². The molecule has 7 rings (SSSR count).